The minimum atomic E-state index is -0.433. The lowest BCUT2D eigenvalue weighted by Crippen LogP contribution is -2.21. The number of rotatable bonds is 4. The van der Waals surface area contributed by atoms with Gasteiger partial charge < -0.3 is 9.47 Å². The van der Waals surface area contributed by atoms with Crippen molar-refractivity contribution in [3.05, 3.63) is 22.8 Å². The van der Waals surface area contributed by atoms with Crippen LogP contribution in [0.3, 0.4) is 0 Å². The molecule has 0 N–H and O–H groups in total. The number of hydrogen-bond acceptors (Lipinski definition) is 4. The molecule has 0 aromatic carbocycles. The largest absolute Gasteiger partial charge is 0.466 e. The Labute approximate surface area is 126 Å². The fourth-order valence-corrected chi connectivity index (χ4v) is 3.54. The van der Waals surface area contributed by atoms with Crippen molar-refractivity contribution in [1.82, 2.24) is 0 Å². The number of allylic oxidation sites excluding steroid dienone is 1. The van der Waals surface area contributed by atoms with E-state index in [1.807, 2.05) is 6.08 Å². The Bertz CT molecular complexity index is 481. The Morgan fingerprint density at radius 3 is 2.29 bits per heavy atom. The highest BCUT2D eigenvalue weighted by molar-refractivity contribution is 6.05. The lowest BCUT2D eigenvalue weighted by Gasteiger charge is -2.29. The first-order valence-electron chi connectivity index (χ1n) is 7.70. The van der Waals surface area contributed by atoms with E-state index in [-0.39, 0.29) is 5.92 Å². The summed E-state index contributed by atoms with van der Waals surface area (Å²) in [7, 11) is 2.69. The molecule has 116 valence electrons. The first-order chi connectivity index (χ1) is 10.1. The molecule has 0 saturated heterocycles. The van der Waals surface area contributed by atoms with Crippen LogP contribution in [0.25, 0.3) is 0 Å². The van der Waals surface area contributed by atoms with Gasteiger partial charge in [0.05, 0.1) is 25.4 Å². The Morgan fingerprint density at radius 1 is 1.10 bits per heavy atom. The Hall–Kier alpha value is -1.58. The molecule has 0 amide bonds. The summed E-state index contributed by atoms with van der Waals surface area (Å²) in [6.07, 6.45) is 8.66. The van der Waals surface area contributed by atoms with Gasteiger partial charge in [-0.15, -0.1) is 0 Å². The van der Waals surface area contributed by atoms with Gasteiger partial charge in [-0.1, -0.05) is 32.3 Å². The molecule has 2 rings (SSSR count). The average molecular weight is 292 g/mol. The van der Waals surface area contributed by atoms with Crippen molar-refractivity contribution in [2.24, 2.45) is 11.8 Å². The zero-order chi connectivity index (χ0) is 15.4. The van der Waals surface area contributed by atoms with Crippen LogP contribution in [0.1, 0.15) is 45.4 Å². The van der Waals surface area contributed by atoms with Gasteiger partial charge in [-0.2, -0.15) is 0 Å². The van der Waals surface area contributed by atoms with Crippen LogP contribution in [0.2, 0.25) is 0 Å². The summed E-state index contributed by atoms with van der Waals surface area (Å²) >= 11 is 0. The van der Waals surface area contributed by atoms with Crippen molar-refractivity contribution in [3.8, 4) is 0 Å². The fourth-order valence-electron chi connectivity index (χ4n) is 3.54. The monoisotopic (exact) mass is 292 g/mol. The summed E-state index contributed by atoms with van der Waals surface area (Å²) in [4.78, 5) is 24.0. The van der Waals surface area contributed by atoms with E-state index in [9.17, 15) is 9.59 Å². The molecule has 4 heteroatoms. The second kappa shape index (κ2) is 6.92. The fraction of sp³-hybridized carbons (Fsp3) is 0.647. The van der Waals surface area contributed by atoms with Crippen LogP contribution in [0.15, 0.2) is 22.8 Å². The van der Waals surface area contributed by atoms with Crippen LogP contribution in [0.5, 0.6) is 0 Å². The second-order valence-electron chi connectivity index (χ2n) is 5.89. The van der Waals surface area contributed by atoms with E-state index in [0.717, 1.165) is 5.57 Å². The minimum absolute atomic E-state index is 0.279. The molecule has 0 spiro atoms. The molecule has 0 radical (unpaired) electrons. The third-order valence-corrected chi connectivity index (χ3v) is 4.79. The SMILES string of the molecule is COC(=O)C1=C(C(=O)OC)C(C(C)C2CCCCC2)=CC1. The van der Waals surface area contributed by atoms with Crippen molar-refractivity contribution < 1.29 is 19.1 Å². The Morgan fingerprint density at radius 2 is 1.71 bits per heavy atom. The normalized spacial score (nSPS) is 21.0. The summed E-state index contributed by atoms with van der Waals surface area (Å²) in [6.45, 7) is 2.16. The number of hydrogen-bond donors (Lipinski definition) is 0. The van der Waals surface area contributed by atoms with Crippen LogP contribution in [0.4, 0.5) is 0 Å². The predicted octanol–water partition coefficient (Wildman–Crippen LogP) is 3.18. The first kappa shape index (κ1) is 15.8. The van der Waals surface area contributed by atoms with E-state index < -0.39 is 11.9 Å². The molecule has 2 aliphatic carbocycles. The summed E-state index contributed by atoms with van der Waals surface area (Å²) < 4.78 is 9.68. The van der Waals surface area contributed by atoms with Crippen LogP contribution in [0, 0.1) is 11.8 Å². The lowest BCUT2D eigenvalue weighted by atomic mass is 9.76. The highest BCUT2D eigenvalue weighted by Crippen LogP contribution is 2.40. The maximum Gasteiger partial charge on any atom is 0.338 e. The molecule has 21 heavy (non-hydrogen) atoms. The molecular weight excluding hydrogens is 268 g/mol. The summed E-state index contributed by atoms with van der Waals surface area (Å²) in [5, 5.41) is 0. The van der Waals surface area contributed by atoms with E-state index >= 15 is 0 Å². The lowest BCUT2D eigenvalue weighted by molar-refractivity contribution is -0.139. The second-order valence-corrected chi connectivity index (χ2v) is 5.89. The molecule has 2 aliphatic rings. The molecule has 1 atom stereocenters. The molecule has 1 saturated carbocycles. The Balaban J connectivity index is 2.27. The van der Waals surface area contributed by atoms with Crippen molar-refractivity contribution in [3.63, 3.8) is 0 Å². The number of esters is 2. The van der Waals surface area contributed by atoms with E-state index in [1.165, 1.54) is 46.3 Å². The van der Waals surface area contributed by atoms with E-state index in [2.05, 4.69) is 6.92 Å². The van der Waals surface area contributed by atoms with Gasteiger partial charge in [-0.25, -0.2) is 9.59 Å². The maximum atomic E-state index is 12.1. The molecule has 4 nitrogen and oxygen atoms in total. The number of carbonyl (C=O) groups excluding carboxylic acids is 2. The third kappa shape index (κ3) is 3.20. The van der Waals surface area contributed by atoms with Gasteiger partial charge in [-0.05, 0) is 36.7 Å². The standard InChI is InChI=1S/C17H24O4/c1-11(12-7-5-4-6-8-12)13-9-10-14(16(18)20-2)15(13)17(19)21-3/h9,11-12H,4-8,10H2,1-3H3. The molecule has 0 aromatic heterocycles. The van der Waals surface area contributed by atoms with E-state index in [0.29, 0.717) is 23.5 Å². The van der Waals surface area contributed by atoms with Gasteiger partial charge in [0.1, 0.15) is 0 Å². The Kier molecular flexibility index (Phi) is 5.21. The summed E-state index contributed by atoms with van der Waals surface area (Å²) in [6, 6.07) is 0. The zero-order valence-electron chi connectivity index (χ0n) is 13.1. The summed E-state index contributed by atoms with van der Waals surface area (Å²) in [5.74, 6) is 0.00233. The average Bonchev–Trinajstić information content (AvgIpc) is 2.98. The number of methoxy groups -OCH3 is 2. The topological polar surface area (TPSA) is 52.6 Å². The first-order valence-corrected chi connectivity index (χ1v) is 7.70. The van der Waals surface area contributed by atoms with Gasteiger partial charge in [0.15, 0.2) is 0 Å². The van der Waals surface area contributed by atoms with Crippen molar-refractivity contribution in [2.45, 2.75) is 45.4 Å². The van der Waals surface area contributed by atoms with Crippen LogP contribution < -0.4 is 0 Å². The molecule has 0 heterocycles. The van der Waals surface area contributed by atoms with Crippen molar-refractivity contribution >= 4 is 11.9 Å². The third-order valence-electron chi connectivity index (χ3n) is 4.79. The molecule has 0 aromatic rings. The maximum absolute atomic E-state index is 12.1. The van der Waals surface area contributed by atoms with Gasteiger partial charge in [-0.3, -0.25) is 0 Å². The predicted molar refractivity (Wildman–Crippen MR) is 79.5 cm³/mol. The van der Waals surface area contributed by atoms with Crippen LogP contribution in [-0.2, 0) is 19.1 Å². The van der Waals surface area contributed by atoms with Crippen molar-refractivity contribution in [2.75, 3.05) is 14.2 Å². The zero-order valence-corrected chi connectivity index (χ0v) is 13.1. The highest BCUT2D eigenvalue weighted by Gasteiger charge is 2.34. The van der Waals surface area contributed by atoms with Gasteiger partial charge in [0.25, 0.3) is 0 Å². The van der Waals surface area contributed by atoms with E-state index in [1.54, 1.807) is 0 Å². The highest BCUT2D eigenvalue weighted by atomic mass is 16.5. The van der Waals surface area contributed by atoms with Gasteiger partial charge in [0.2, 0.25) is 0 Å². The number of carbonyl (C=O) groups is 2. The molecular formula is C17H24O4. The van der Waals surface area contributed by atoms with Crippen LogP contribution in [-0.4, -0.2) is 26.2 Å². The summed E-state index contributed by atoms with van der Waals surface area (Å²) in [5.41, 5.74) is 1.83. The van der Waals surface area contributed by atoms with Crippen LogP contribution >= 0.6 is 0 Å². The smallest absolute Gasteiger partial charge is 0.338 e. The molecule has 0 aliphatic heterocycles. The molecule has 0 bridgehead atoms. The quantitative estimate of drug-likeness (QED) is 0.747. The number of ether oxygens (including phenoxy) is 2. The van der Waals surface area contributed by atoms with Gasteiger partial charge >= 0.3 is 11.9 Å². The van der Waals surface area contributed by atoms with Crippen molar-refractivity contribution in [1.29, 1.82) is 0 Å². The molecule has 1 fully saturated rings. The minimum Gasteiger partial charge on any atom is -0.466 e. The van der Waals surface area contributed by atoms with E-state index in [4.69, 9.17) is 9.47 Å². The molecule has 1 unspecified atom stereocenters. The van der Waals surface area contributed by atoms with Gasteiger partial charge in [0, 0.05) is 0 Å².